The molecule has 1 aliphatic rings. The molecule has 0 aliphatic carbocycles. The van der Waals surface area contributed by atoms with Crippen LogP contribution in [0.25, 0.3) is 0 Å². The first kappa shape index (κ1) is 14.1. The summed E-state index contributed by atoms with van der Waals surface area (Å²) in [7, 11) is 0. The van der Waals surface area contributed by atoms with Gasteiger partial charge >= 0.3 is 0 Å². The van der Waals surface area contributed by atoms with Crippen LogP contribution in [0.3, 0.4) is 0 Å². The molecule has 1 fully saturated rings. The average molecular weight is 284 g/mol. The maximum Gasteiger partial charge on any atom is 0.271 e. The van der Waals surface area contributed by atoms with Gasteiger partial charge in [0.15, 0.2) is 0 Å². The third-order valence-corrected chi connectivity index (χ3v) is 3.24. The van der Waals surface area contributed by atoms with Gasteiger partial charge in [0.1, 0.15) is 11.5 Å². The van der Waals surface area contributed by atoms with E-state index in [1.54, 1.807) is 12.1 Å². The van der Waals surface area contributed by atoms with Crippen LogP contribution in [-0.4, -0.2) is 36.7 Å². The summed E-state index contributed by atoms with van der Waals surface area (Å²) < 4.78 is 5.45. The first-order chi connectivity index (χ1) is 9.20. The molecule has 1 amide bonds. The van der Waals surface area contributed by atoms with Gasteiger partial charge in [-0.05, 0) is 31.9 Å². The number of hydrogen-bond acceptors (Lipinski definition) is 4. The van der Waals surface area contributed by atoms with Gasteiger partial charge in [0, 0.05) is 19.7 Å². The van der Waals surface area contributed by atoms with Gasteiger partial charge in [-0.25, -0.2) is 4.98 Å². The van der Waals surface area contributed by atoms with E-state index in [2.05, 4.69) is 15.6 Å². The number of ether oxygens (including phenoxy) is 1. The van der Waals surface area contributed by atoms with Gasteiger partial charge in [0.2, 0.25) is 0 Å². The summed E-state index contributed by atoms with van der Waals surface area (Å²) in [4.78, 5) is 16.2. The molecular weight excluding hydrogens is 266 g/mol. The number of carbonyl (C=O) groups excluding carboxylic acids is 1. The quantitative estimate of drug-likeness (QED) is 0.868. The van der Waals surface area contributed by atoms with Crippen molar-refractivity contribution in [3.63, 3.8) is 0 Å². The van der Waals surface area contributed by atoms with E-state index in [4.69, 9.17) is 16.3 Å². The second-order valence-corrected chi connectivity index (χ2v) is 4.81. The number of carbonyl (C=O) groups is 1. The fourth-order valence-corrected chi connectivity index (χ4v) is 2.17. The van der Waals surface area contributed by atoms with Crippen molar-refractivity contribution >= 4 is 23.3 Å². The highest BCUT2D eigenvalue weighted by Crippen LogP contribution is 2.17. The first-order valence-corrected chi connectivity index (χ1v) is 6.88. The molecule has 104 valence electrons. The molecule has 2 heterocycles. The third kappa shape index (κ3) is 3.81. The number of aromatic nitrogens is 1. The largest absolute Gasteiger partial charge is 0.376 e. The Morgan fingerprint density at radius 3 is 3.11 bits per heavy atom. The SMILES string of the molecule is CCNc1ccc(Cl)c(C(=O)NCC2CCCO2)n1. The highest BCUT2D eigenvalue weighted by Gasteiger charge is 2.18. The Labute approximate surface area is 117 Å². The van der Waals surface area contributed by atoms with Crippen molar-refractivity contribution in [1.29, 1.82) is 0 Å². The van der Waals surface area contributed by atoms with Crippen LogP contribution in [0, 0.1) is 0 Å². The molecule has 1 aliphatic heterocycles. The van der Waals surface area contributed by atoms with Crippen molar-refractivity contribution in [2.24, 2.45) is 0 Å². The number of nitrogens with one attached hydrogen (secondary N) is 2. The van der Waals surface area contributed by atoms with Crippen molar-refractivity contribution in [3.8, 4) is 0 Å². The predicted octanol–water partition coefficient (Wildman–Crippen LogP) is 2.08. The van der Waals surface area contributed by atoms with E-state index >= 15 is 0 Å². The maximum atomic E-state index is 12.0. The molecule has 6 heteroatoms. The minimum Gasteiger partial charge on any atom is -0.376 e. The van der Waals surface area contributed by atoms with E-state index in [9.17, 15) is 4.79 Å². The molecule has 1 saturated heterocycles. The number of halogens is 1. The Kier molecular flexibility index (Phi) is 4.99. The van der Waals surface area contributed by atoms with Gasteiger partial charge in [-0.2, -0.15) is 0 Å². The lowest BCUT2D eigenvalue weighted by Crippen LogP contribution is -2.32. The van der Waals surface area contributed by atoms with Crippen LogP contribution in [0.1, 0.15) is 30.3 Å². The van der Waals surface area contributed by atoms with E-state index < -0.39 is 0 Å². The van der Waals surface area contributed by atoms with E-state index in [0.717, 1.165) is 26.0 Å². The molecule has 2 rings (SSSR count). The topological polar surface area (TPSA) is 63.2 Å². The standard InChI is InChI=1S/C13H18ClN3O2/c1-2-15-11-6-5-10(14)12(17-11)13(18)16-8-9-4-3-7-19-9/h5-6,9H,2-4,7-8H2,1H3,(H,15,17)(H,16,18). The van der Waals surface area contributed by atoms with Gasteiger partial charge in [-0.3, -0.25) is 4.79 Å². The lowest BCUT2D eigenvalue weighted by atomic mass is 10.2. The van der Waals surface area contributed by atoms with Crippen LogP contribution in [0.4, 0.5) is 5.82 Å². The van der Waals surface area contributed by atoms with Gasteiger partial charge in [-0.1, -0.05) is 11.6 Å². The second kappa shape index (κ2) is 6.73. The molecule has 1 aromatic rings. The number of amides is 1. The lowest BCUT2D eigenvalue weighted by molar-refractivity contribution is 0.0854. The lowest BCUT2D eigenvalue weighted by Gasteiger charge is -2.12. The number of rotatable bonds is 5. The molecule has 1 atom stereocenters. The Bertz CT molecular complexity index is 448. The first-order valence-electron chi connectivity index (χ1n) is 6.51. The number of anilines is 1. The predicted molar refractivity (Wildman–Crippen MR) is 74.7 cm³/mol. The summed E-state index contributed by atoms with van der Waals surface area (Å²) in [6, 6.07) is 3.43. The molecule has 0 aromatic carbocycles. The van der Waals surface area contributed by atoms with Gasteiger partial charge in [-0.15, -0.1) is 0 Å². The Balaban J connectivity index is 1.98. The van der Waals surface area contributed by atoms with Crippen molar-refractivity contribution in [2.45, 2.75) is 25.9 Å². The summed E-state index contributed by atoms with van der Waals surface area (Å²) in [6.45, 7) is 3.98. The zero-order chi connectivity index (χ0) is 13.7. The Hall–Kier alpha value is -1.33. The number of nitrogens with zero attached hydrogens (tertiary/aromatic N) is 1. The third-order valence-electron chi connectivity index (χ3n) is 2.93. The minimum absolute atomic E-state index is 0.111. The molecule has 0 bridgehead atoms. The highest BCUT2D eigenvalue weighted by atomic mass is 35.5. The molecule has 0 radical (unpaired) electrons. The number of hydrogen-bond donors (Lipinski definition) is 2. The summed E-state index contributed by atoms with van der Waals surface area (Å²) in [6.07, 6.45) is 2.15. The zero-order valence-corrected chi connectivity index (χ0v) is 11.7. The van der Waals surface area contributed by atoms with Crippen molar-refractivity contribution in [1.82, 2.24) is 10.3 Å². The smallest absolute Gasteiger partial charge is 0.271 e. The summed E-state index contributed by atoms with van der Waals surface area (Å²) in [5.41, 5.74) is 0.248. The molecular formula is C13H18ClN3O2. The van der Waals surface area contributed by atoms with Crippen LogP contribution in [0.2, 0.25) is 5.02 Å². The summed E-state index contributed by atoms with van der Waals surface area (Å²) >= 11 is 6.00. The van der Waals surface area contributed by atoms with Gasteiger partial charge in [0.05, 0.1) is 11.1 Å². The molecule has 19 heavy (non-hydrogen) atoms. The van der Waals surface area contributed by atoms with Crippen LogP contribution < -0.4 is 10.6 Å². The van der Waals surface area contributed by atoms with Gasteiger partial charge in [0.25, 0.3) is 5.91 Å². The molecule has 1 aromatic heterocycles. The van der Waals surface area contributed by atoms with Gasteiger partial charge < -0.3 is 15.4 Å². The van der Waals surface area contributed by atoms with E-state index in [-0.39, 0.29) is 17.7 Å². The molecule has 1 unspecified atom stereocenters. The molecule has 5 nitrogen and oxygen atoms in total. The van der Waals surface area contributed by atoms with Crippen LogP contribution >= 0.6 is 11.6 Å². The van der Waals surface area contributed by atoms with Crippen LogP contribution in [-0.2, 0) is 4.74 Å². The summed E-state index contributed by atoms with van der Waals surface area (Å²) in [5, 5.41) is 6.22. The monoisotopic (exact) mass is 283 g/mol. The molecule has 0 saturated carbocycles. The number of pyridine rings is 1. The Morgan fingerprint density at radius 1 is 1.58 bits per heavy atom. The van der Waals surface area contributed by atoms with Crippen LogP contribution in [0.5, 0.6) is 0 Å². The zero-order valence-electron chi connectivity index (χ0n) is 10.9. The maximum absolute atomic E-state index is 12.0. The van der Waals surface area contributed by atoms with Crippen molar-refractivity contribution < 1.29 is 9.53 Å². The molecule has 2 N–H and O–H groups in total. The fraction of sp³-hybridized carbons (Fsp3) is 0.538. The fourth-order valence-electron chi connectivity index (χ4n) is 1.98. The van der Waals surface area contributed by atoms with E-state index in [1.165, 1.54) is 0 Å². The second-order valence-electron chi connectivity index (χ2n) is 4.40. The minimum atomic E-state index is -0.264. The average Bonchev–Trinajstić information content (AvgIpc) is 2.92. The Morgan fingerprint density at radius 2 is 2.42 bits per heavy atom. The normalized spacial score (nSPS) is 18.3. The van der Waals surface area contributed by atoms with Crippen molar-refractivity contribution in [2.75, 3.05) is 25.0 Å². The highest BCUT2D eigenvalue weighted by molar-refractivity contribution is 6.33. The molecule has 0 spiro atoms. The summed E-state index contributed by atoms with van der Waals surface area (Å²) in [5.74, 6) is 0.384. The van der Waals surface area contributed by atoms with E-state index in [0.29, 0.717) is 17.4 Å². The van der Waals surface area contributed by atoms with Crippen LogP contribution in [0.15, 0.2) is 12.1 Å². The van der Waals surface area contributed by atoms with E-state index in [1.807, 2.05) is 6.92 Å². The van der Waals surface area contributed by atoms with Crippen molar-refractivity contribution in [3.05, 3.63) is 22.8 Å².